The van der Waals surface area contributed by atoms with E-state index in [0.717, 1.165) is 23.2 Å². The third-order valence-corrected chi connectivity index (χ3v) is 7.70. The molecule has 0 bridgehead atoms. The standard InChI is InChI=1S/C32H31IN4/c1-23(30(20-24-9-13-28(33)14-10-24)27-8-6-7-25(19-27)21-34)36-31(32(2,3)22-35)26-11-15-29(16-12-26)37-17-4-5-18-37/h4-19,23,30-31,36H,20H2,1-3H3/t23-,30+,31?/m0/s1. The molecule has 0 spiro atoms. The van der Waals surface area contributed by atoms with Crippen LogP contribution in [0.2, 0.25) is 0 Å². The lowest BCUT2D eigenvalue weighted by Crippen LogP contribution is -2.42. The summed E-state index contributed by atoms with van der Waals surface area (Å²) in [7, 11) is 0. The second-order valence-corrected chi connectivity index (χ2v) is 11.3. The van der Waals surface area contributed by atoms with Gasteiger partial charge in [-0.3, -0.25) is 0 Å². The van der Waals surface area contributed by atoms with Gasteiger partial charge in [0.05, 0.1) is 29.2 Å². The van der Waals surface area contributed by atoms with Crippen molar-refractivity contribution in [1.29, 1.82) is 10.5 Å². The second kappa shape index (κ2) is 11.8. The van der Waals surface area contributed by atoms with Crippen molar-refractivity contribution in [2.75, 3.05) is 0 Å². The maximum absolute atomic E-state index is 10.1. The lowest BCUT2D eigenvalue weighted by molar-refractivity contribution is 0.281. The fourth-order valence-electron chi connectivity index (χ4n) is 4.81. The van der Waals surface area contributed by atoms with Crippen molar-refractivity contribution >= 4 is 22.6 Å². The maximum atomic E-state index is 10.1. The number of aromatic nitrogens is 1. The van der Waals surface area contributed by atoms with E-state index >= 15 is 0 Å². The molecule has 1 unspecified atom stereocenters. The van der Waals surface area contributed by atoms with Crippen molar-refractivity contribution in [3.05, 3.63) is 123 Å². The Balaban J connectivity index is 1.67. The summed E-state index contributed by atoms with van der Waals surface area (Å²) in [5, 5.41) is 23.5. The lowest BCUT2D eigenvalue weighted by Gasteiger charge is -2.36. The molecule has 5 heteroatoms. The van der Waals surface area contributed by atoms with Gasteiger partial charge in [-0.2, -0.15) is 10.5 Å². The average molecular weight is 599 g/mol. The van der Waals surface area contributed by atoms with Gasteiger partial charge in [0.25, 0.3) is 0 Å². The van der Waals surface area contributed by atoms with Gasteiger partial charge in [0.2, 0.25) is 0 Å². The van der Waals surface area contributed by atoms with Crippen molar-refractivity contribution in [3.63, 3.8) is 0 Å². The average Bonchev–Trinajstić information content (AvgIpc) is 3.46. The number of hydrogen-bond donors (Lipinski definition) is 1. The van der Waals surface area contributed by atoms with Crippen molar-refractivity contribution < 1.29 is 0 Å². The van der Waals surface area contributed by atoms with Gasteiger partial charge in [-0.05, 0) is 115 Å². The maximum Gasteiger partial charge on any atom is 0.0991 e. The molecule has 0 amide bonds. The highest BCUT2D eigenvalue weighted by Gasteiger charge is 2.34. The van der Waals surface area contributed by atoms with Gasteiger partial charge in [0.15, 0.2) is 0 Å². The molecule has 1 heterocycles. The number of halogens is 1. The molecule has 0 saturated carbocycles. The van der Waals surface area contributed by atoms with E-state index in [9.17, 15) is 10.5 Å². The monoisotopic (exact) mass is 598 g/mol. The first kappa shape index (κ1) is 26.7. The van der Waals surface area contributed by atoms with Crippen LogP contribution in [0.25, 0.3) is 5.69 Å². The fourth-order valence-corrected chi connectivity index (χ4v) is 5.17. The molecule has 0 radical (unpaired) electrons. The molecule has 0 saturated heterocycles. The zero-order chi connectivity index (χ0) is 26.4. The number of rotatable bonds is 9. The van der Waals surface area contributed by atoms with E-state index in [1.165, 1.54) is 9.13 Å². The largest absolute Gasteiger partial charge is 0.324 e. The van der Waals surface area contributed by atoms with Crippen LogP contribution in [0.4, 0.5) is 0 Å². The van der Waals surface area contributed by atoms with Gasteiger partial charge in [0, 0.05) is 33.6 Å². The topological polar surface area (TPSA) is 64.5 Å². The summed E-state index contributed by atoms with van der Waals surface area (Å²) in [6.07, 6.45) is 4.87. The minimum atomic E-state index is -0.634. The number of nitriles is 2. The number of nitrogens with one attached hydrogen (secondary N) is 1. The van der Waals surface area contributed by atoms with E-state index in [2.05, 4.69) is 106 Å². The van der Waals surface area contributed by atoms with Crippen LogP contribution in [0.5, 0.6) is 0 Å². The molecule has 3 aromatic carbocycles. The molecule has 0 fully saturated rings. The number of benzene rings is 3. The Bertz CT molecular complexity index is 1390. The van der Waals surface area contributed by atoms with Crippen LogP contribution in [0.1, 0.15) is 55.0 Å². The molecule has 186 valence electrons. The van der Waals surface area contributed by atoms with Gasteiger partial charge < -0.3 is 9.88 Å². The Morgan fingerprint density at radius 2 is 1.57 bits per heavy atom. The summed E-state index contributed by atoms with van der Waals surface area (Å²) in [6, 6.07) is 33.6. The first-order chi connectivity index (χ1) is 17.8. The Labute approximate surface area is 233 Å². The predicted octanol–water partition coefficient (Wildman–Crippen LogP) is 7.55. The molecule has 0 aliphatic heterocycles. The van der Waals surface area contributed by atoms with Crippen LogP contribution < -0.4 is 5.32 Å². The summed E-state index contributed by atoms with van der Waals surface area (Å²) < 4.78 is 3.28. The Kier molecular flexibility index (Phi) is 8.48. The van der Waals surface area contributed by atoms with Gasteiger partial charge in [-0.25, -0.2) is 0 Å². The third kappa shape index (κ3) is 6.49. The molecule has 4 aromatic rings. The summed E-state index contributed by atoms with van der Waals surface area (Å²) in [4.78, 5) is 0. The Morgan fingerprint density at radius 1 is 0.892 bits per heavy atom. The molecule has 1 N–H and O–H groups in total. The smallest absolute Gasteiger partial charge is 0.0991 e. The predicted molar refractivity (Wildman–Crippen MR) is 157 cm³/mol. The van der Waals surface area contributed by atoms with E-state index < -0.39 is 5.41 Å². The van der Waals surface area contributed by atoms with E-state index in [4.69, 9.17) is 0 Å². The Morgan fingerprint density at radius 3 is 2.19 bits per heavy atom. The third-order valence-electron chi connectivity index (χ3n) is 6.98. The highest BCUT2D eigenvalue weighted by Crippen LogP contribution is 2.36. The molecule has 0 aliphatic carbocycles. The summed E-state index contributed by atoms with van der Waals surface area (Å²) in [6.45, 7) is 6.16. The molecule has 4 nitrogen and oxygen atoms in total. The van der Waals surface area contributed by atoms with Gasteiger partial charge in [0.1, 0.15) is 0 Å². The molecule has 3 atom stereocenters. The van der Waals surface area contributed by atoms with Crippen LogP contribution in [-0.4, -0.2) is 10.6 Å². The van der Waals surface area contributed by atoms with E-state index in [0.29, 0.717) is 5.56 Å². The normalized spacial score (nSPS) is 13.8. The van der Waals surface area contributed by atoms with Crippen LogP contribution >= 0.6 is 22.6 Å². The highest BCUT2D eigenvalue weighted by molar-refractivity contribution is 14.1. The molecule has 1 aromatic heterocycles. The fraction of sp³-hybridized carbons (Fsp3) is 0.250. The minimum absolute atomic E-state index is 0.0370. The molecular weight excluding hydrogens is 567 g/mol. The summed E-state index contributed by atoms with van der Waals surface area (Å²) in [5.41, 5.74) is 4.55. The van der Waals surface area contributed by atoms with Crippen LogP contribution in [-0.2, 0) is 6.42 Å². The number of hydrogen-bond acceptors (Lipinski definition) is 3. The first-order valence-corrected chi connectivity index (χ1v) is 13.5. The molecule has 37 heavy (non-hydrogen) atoms. The SMILES string of the molecule is C[C@H](NC(c1ccc(-n2cccc2)cc1)C(C)(C)C#N)[C@@H](Cc1ccc(I)cc1)c1cccc(C#N)c1. The lowest BCUT2D eigenvalue weighted by atomic mass is 9.79. The van der Waals surface area contributed by atoms with E-state index in [1.54, 1.807) is 0 Å². The molecular formula is C32H31IN4. The van der Waals surface area contributed by atoms with Crippen molar-refractivity contribution in [2.45, 2.75) is 45.2 Å². The second-order valence-electron chi connectivity index (χ2n) is 10.1. The molecule has 4 rings (SSSR count). The molecule has 0 aliphatic rings. The zero-order valence-electron chi connectivity index (χ0n) is 21.4. The summed E-state index contributed by atoms with van der Waals surface area (Å²) in [5.74, 6) is 0.115. The van der Waals surface area contributed by atoms with E-state index in [-0.39, 0.29) is 18.0 Å². The van der Waals surface area contributed by atoms with E-state index in [1.807, 2.05) is 56.6 Å². The van der Waals surface area contributed by atoms with Crippen molar-refractivity contribution in [1.82, 2.24) is 9.88 Å². The minimum Gasteiger partial charge on any atom is -0.324 e. The van der Waals surface area contributed by atoms with Gasteiger partial charge in [-0.1, -0.05) is 36.4 Å². The van der Waals surface area contributed by atoms with Crippen LogP contribution in [0.3, 0.4) is 0 Å². The van der Waals surface area contributed by atoms with Gasteiger partial charge >= 0.3 is 0 Å². The highest BCUT2D eigenvalue weighted by atomic mass is 127. The summed E-state index contributed by atoms with van der Waals surface area (Å²) >= 11 is 2.32. The Hall–Kier alpha value is -3.39. The quantitative estimate of drug-likeness (QED) is 0.203. The first-order valence-electron chi connectivity index (χ1n) is 12.5. The van der Waals surface area contributed by atoms with Crippen LogP contribution in [0, 0.1) is 31.6 Å². The van der Waals surface area contributed by atoms with Crippen LogP contribution in [0.15, 0.2) is 97.3 Å². The number of nitrogens with zero attached hydrogens (tertiary/aromatic N) is 3. The van der Waals surface area contributed by atoms with Crippen molar-refractivity contribution in [2.24, 2.45) is 5.41 Å². The van der Waals surface area contributed by atoms with Crippen molar-refractivity contribution in [3.8, 4) is 17.8 Å². The zero-order valence-corrected chi connectivity index (χ0v) is 23.6. The van der Waals surface area contributed by atoms with Gasteiger partial charge in [-0.15, -0.1) is 0 Å².